The van der Waals surface area contributed by atoms with E-state index in [-0.39, 0.29) is 28.8 Å². The van der Waals surface area contributed by atoms with Gasteiger partial charge in [0.1, 0.15) is 5.75 Å². The lowest BCUT2D eigenvalue weighted by Gasteiger charge is -2.31. The Morgan fingerprint density at radius 2 is 1.85 bits per heavy atom. The van der Waals surface area contributed by atoms with Crippen molar-refractivity contribution in [2.75, 3.05) is 37.3 Å². The Kier molecular flexibility index (Phi) is 6.39. The van der Waals surface area contributed by atoms with Crippen molar-refractivity contribution in [2.24, 2.45) is 0 Å². The molecule has 0 spiro atoms. The molecule has 0 radical (unpaired) electrons. The highest BCUT2D eigenvalue weighted by atomic mass is 32.2. The number of hydrogen-bond donors (Lipinski definition) is 1. The van der Waals surface area contributed by atoms with Crippen LogP contribution in [0.4, 0.5) is 5.69 Å². The van der Waals surface area contributed by atoms with E-state index in [9.17, 15) is 21.6 Å². The highest BCUT2D eigenvalue weighted by Gasteiger charge is 2.32. The number of rotatable bonds is 6. The maximum atomic E-state index is 13.4. The number of piperidine rings is 1. The number of carbonyl (C=O) groups is 1. The summed E-state index contributed by atoms with van der Waals surface area (Å²) in [7, 11) is -5.84. The molecule has 2 aromatic rings. The molecule has 0 aliphatic carbocycles. The molecule has 1 saturated heterocycles. The van der Waals surface area contributed by atoms with Gasteiger partial charge in [-0.1, -0.05) is 18.2 Å². The third kappa shape index (κ3) is 4.71. The molecule has 1 fully saturated rings. The van der Waals surface area contributed by atoms with Crippen molar-refractivity contribution in [1.29, 1.82) is 0 Å². The van der Waals surface area contributed by atoms with E-state index in [1.807, 2.05) is 12.1 Å². The summed E-state index contributed by atoms with van der Waals surface area (Å²) in [5.41, 5.74) is 1.69. The fourth-order valence-electron chi connectivity index (χ4n) is 4.33. The zero-order chi connectivity index (χ0) is 23.8. The zero-order valence-electron chi connectivity index (χ0n) is 18.5. The molecule has 1 N–H and O–H groups in total. The monoisotopic (exact) mass is 493 g/mol. The number of nitrogens with one attached hydrogen (secondary N) is 1. The van der Waals surface area contributed by atoms with Gasteiger partial charge in [-0.15, -0.1) is 0 Å². The van der Waals surface area contributed by atoms with Crippen molar-refractivity contribution in [3.05, 3.63) is 53.6 Å². The van der Waals surface area contributed by atoms with Gasteiger partial charge in [-0.05, 0) is 49.1 Å². The average molecular weight is 494 g/mol. The van der Waals surface area contributed by atoms with Gasteiger partial charge in [0.2, 0.25) is 10.0 Å². The summed E-state index contributed by atoms with van der Waals surface area (Å²) in [5.74, 6) is -0.268. The lowest BCUT2D eigenvalue weighted by molar-refractivity contribution is 0.0918. The van der Waals surface area contributed by atoms with Crippen LogP contribution in [0.1, 0.15) is 28.8 Å². The number of hydrogen-bond acceptors (Lipinski definition) is 6. The van der Waals surface area contributed by atoms with Crippen LogP contribution in [0.2, 0.25) is 0 Å². The summed E-state index contributed by atoms with van der Waals surface area (Å²) in [5, 5.41) is 2.84. The zero-order valence-corrected chi connectivity index (χ0v) is 20.2. The standard InChI is InChI=1S/C22H27N3O6S2/c1-31-21-10-9-18(33(29,30)25-13-11-16-6-3-4-8-20(16)25)14-19(21)22(26)23-17-7-5-12-24(15-17)32(2,27)28/h3-4,6,8-10,14,17H,5,7,11-13,15H2,1-2H3,(H,23,26). The van der Waals surface area contributed by atoms with Gasteiger partial charge in [-0.2, -0.15) is 0 Å². The predicted molar refractivity (Wildman–Crippen MR) is 125 cm³/mol. The number of anilines is 1. The van der Waals surface area contributed by atoms with Gasteiger partial charge in [-0.3, -0.25) is 9.10 Å². The van der Waals surface area contributed by atoms with Crippen LogP contribution < -0.4 is 14.4 Å². The van der Waals surface area contributed by atoms with Gasteiger partial charge in [0.05, 0.1) is 29.5 Å². The first-order chi connectivity index (χ1) is 15.6. The second kappa shape index (κ2) is 8.96. The fraction of sp³-hybridized carbons (Fsp3) is 0.409. The average Bonchev–Trinajstić information content (AvgIpc) is 3.23. The normalized spacial score (nSPS) is 19.2. The topological polar surface area (TPSA) is 113 Å². The van der Waals surface area contributed by atoms with Crippen LogP contribution in [-0.2, 0) is 26.5 Å². The second-order valence-electron chi connectivity index (χ2n) is 8.25. The highest BCUT2D eigenvalue weighted by molar-refractivity contribution is 7.92. The maximum Gasteiger partial charge on any atom is 0.264 e. The number of nitrogens with zero attached hydrogens (tertiary/aromatic N) is 2. The van der Waals surface area contributed by atoms with Gasteiger partial charge >= 0.3 is 0 Å². The number of carbonyl (C=O) groups excluding carboxylic acids is 1. The quantitative estimate of drug-likeness (QED) is 0.654. The number of benzene rings is 2. The van der Waals surface area contributed by atoms with Crippen molar-refractivity contribution in [1.82, 2.24) is 9.62 Å². The summed E-state index contributed by atoms with van der Waals surface area (Å²) in [6.45, 7) is 0.924. The Morgan fingerprint density at radius 1 is 1.09 bits per heavy atom. The van der Waals surface area contributed by atoms with Gasteiger partial charge in [0.15, 0.2) is 0 Å². The van der Waals surface area contributed by atoms with E-state index >= 15 is 0 Å². The maximum absolute atomic E-state index is 13.4. The Balaban J connectivity index is 1.60. The van der Waals surface area contributed by atoms with Crippen LogP contribution in [0, 0.1) is 0 Å². The number of para-hydroxylation sites is 1. The van der Waals surface area contributed by atoms with Crippen molar-refractivity contribution < 1.29 is 26.4 Å². The molecule has 0 bridgehead atoms. The van der Waals surface area contributed by atoms with Crippen molar-refractivity contribution in [2.45, 2.75) is 30.2 Å². The van der Waals surface area contributed by atoms with Crippen molar-refractivity contribution in [3.8, 4) is 5.75 Å². The molecule has 0 aromatic heterocycles. The van der Waals surface area contributed by atoms with Crippen LogP contribution in [0.25, 0.3) is 0 Å². The molecule has 1 atom stereocenters. The van der Waals surface area contributed by atoms with E-state index < -0.39 is 26.0 Å². The number of methoxy groups -OCH3 is 1. The van der Waals surface area contributed by atoms with Gasteiger partial charge in [-0.25, -0.2) is 21.1 Å². The molecule has 2 aliphatic rings. The van der Waals surface area contributed by atoms with E-state index in [0.29, 0.717) is 38.0 Å². The summed E-state index contributed by atoms with van der Waals surface area (Å²) >= 11 is 0. The van der Waals surface area contributed by atoms with Crippen molar-refractivity contribution >= 4 is 31.6 Å². The fourth-order valence-corrected chi connectivity index (χ4v) is 6.78. The van der Waals surface area contributed by atoms with Crippen LogP contribution in [-0.4, -0.2) is 66.1 Å². The second-order valence-corrected chi connectivity index (χ2v) is 12.1. The van der Waals surface area contributed by atoms with Gasteiger partial charge in [0.25, 0.3) is 15.9 Å². The number of fused-ring (bicyclic) bond motifs is 1. The van der Waals surface area contributed by atoms with E-state index in [1.165, 1.54) is 33.9 Å². The Morgan fingerprint density at radius 3 is 2.58 bits per heavy atom. The first-order valence-corrected chi connectivity index (χ1v) is 13.9. The lowest BCUT2D eigenvalue weighted by Crippen LogP contribution is -2.49. The lowest BCUT2D eigenvalue weighted by atomic mass is 10.1. The molecule has 33 heavy (non-hydrogen) atoms. The molecule has 2 aromatic carbocycles. The predicted octanol–water partition coefficient (Wildman–Crippen LogP) is 1.60. The summed E-state index contributed by atoms with van der Waals surface area (Å²) < 4.78 is 58.5. The van der Waals surface area contributed by atoms with Crippen LogP contribution in [0.3, 0.4) is 0 Å². The minimum absolute atomic E-state index is 0.00782. The first-order valence-electron chi connectivity index (χ1n) is 10.7. The molecule has 4 rings (SSSR count). The third-order valence-electron chi connectivity index (χ3n) is 6.04. The molecular formula is C22H27N3O6S2. The largest absolute Gasteiger partial charge is 0.496 e. The molecule has 1 amide bonds. The SMILES string of the molecule is COc1ccc(S(=O)(=O)N2CCc3ccccc32)cc1C(=O)NC1CCCN(S(C)(=O)=O)C1. The molecule has 9 nitrogen and oxygen atoms in total. The molecular weight excluding hydrogens is 466 g/mol. The van der Waals surface area contributed by atoms with E-state index in [1.54, 1.807) is 12.1 Å². The van der Waals surface area contributed by atoms with Gasteiger partial charge < -0.3 is 10.1 Å². The third-order valence-corrected chi connectivity index (χ3v) is 9.12. The Bertz CT molecular complexity index is 1280. The molecule has 0 saturated carbocycles. The van der Waals surface area contributed by atoms with E-state index in [0.717, 1.165) is 11.8 Å². The van der Waals surface area contributed by atoms with Crippen LogP contribution in [0.15, 0.2) is 47.4 Å². The Labute approximate surface area is 194 Å². The number of amides is 1. The summed E-state index contributed by atoms with van der Waals surface area (Å²) in [6.07, 6.45) is 3.02. The number of sulfonamides is 2. The first kappa shape index (κ1) is 23.5. The van der Waals surface area contributed by atoms with Gasteiger partial charge in [0, 0.05) is 25.7 Å². The summed E-state index contributed by atoms with van der Waals surface area (Å²) in [4.78, 5) is 13.1. The minimum atomic E-state index is -3.88. The van der Waals surface area contributed by atoms with Crippen molar-refractivity contribution in [3.63, 3.8) is 0 Å². The van der Waals surface area contributed by atoms with E-state index in [4.69, 9.17) is 4.74 Å². The highest BCUT2D eigenvalue weighted by Crippen LogP contribution is 2.34. The minimum Gasteiger partial charge on any atom is -0.496 e. The summed E-state index contributed by atoms with van der Waals surface area (Å²) in [6, 6.07) is 11.2. The molecule has 1 unspecified atom stereocenters. The Hall–Kier alpha value is -2.63. The number of ether oxygens (including phenoxy) is 1. The van der Waals surface area contributed by atoms with Crippen LogP contribution >= 0.6 is 0 Å². The molecule has 11 heteroatoms. The molecule has 2 aliphatic heterocycles. The molecule has 2 heterocycles. The molecule has 178 valence electrons. The smallest absolute Gasteiger partial charge is 0.264 e. The van der Waals surface area contributed by atoms with E-state index in [2.05, 4.69) is 5.32 Å². The van der Waals surface area contributed by atoms with Crippen LogP contribution in [0.5, 0.6) is 5.75 Å².